The summed E-state index contributed by atoms with van der Waals surface area (Å²) < 4.78 is 0. The van der Waals surface area contributed by atoms with E-state index in [1.54, 1.807) is 0 Å². The van der Waals surface area contributed by atoms with E-state index in [1.165, 1.54) is 0 Å². The molecule has 1 rings (SSSR count). The van der Waals surface area contributed by atoms with Crippen molar-refractivity contribution in [2.45, 2.75) is 0 Å². The summed E-state index contributed by atoms with van der Waals surface area (Å²) in [6.07, 6.45) is 0. The van der Waals surface area contributed by atoms with Crippen molar-refractivity contribution in [3.05, 3.63) is 12.2 Å². The lowest BCUT2D eigenvalue weighted by Crippen LogP contribution is -1.91. The molecule has 2 nitrogen and oxygen atoms in total. The first-order valence-electron chi connectivity index (χ1n) is 2.71. The molecule has 2 heteroatoms. The fraction of sp³-hybridized carbons (Fsp3) is 0.667. The SMILES string of the molecule is C=C1[C@H](CO)[C@H]1CO. The maximum atomic E-state index is 8.51. The molecule has 0 amide bonds. The molecule has 0 aromatic heterocycles. The highest BCUT2D eigenvalue weighted by atomic mass is 16.3. The summed E-state index contributed by atoms with van der Waals surface area (Å²) in [5.74, 6) is 0.389. The van der Waals surface area contributed by atoms with Crippen molar-refractivity contribution in [1.82, 2.24) is 0 Å². The fourth-order valence-electron chi connectivity index (χ4n) is 0.934. The third kappa shape index (κ3) is 0.659. The van der Waals surface area contributed by atoms with Crippen LogP contribution in [0.1, 0.15) is 0 Å². The lowest BCUT2D eigenvalue weighted by Gasteiger charge is -1.83. The second-order valence-corrected chi connectivity index (χ2v) is 2.15. The summed E-state index contributed by atoms with van der Waals surface area (Å²) in [6, 6.07) is 0. The van der Waals surface area contributed by atoms with Gasteiger partial charge < -0.3 is 10.2 Å². The van der Waals surface area contributed by atoms with Crippen molar-refractivity contribution in [3.63, 3.8) is 0 Å². The molecule has 0 aromatic rings. The molecule has 0 aliphatic heterocycles. The standard InChI is InChI=1S/C6H10O2/c1-4-5(2-7)6(4)3-8/h5-8H,1-3H2/t5-,6-/m0/s1. The number of hydrogen-bond acceptors (Lipinski definition) is 2. The van der Waals surface area contributed by atoms with Gasteiger partial charge in [-0.05, 0) is 0 Å². The molecule has 8 heavy (non-hydrogen) atoms. The van der Waals surface area contributed by atoms with E-state index >= 15 is 0 Å². The molecule has 46 valence electrons. The van der Waals surface area contributed by atoms with Crippen LogP contribution in [-0.4, -0.2) is 23.4 Å². The summed E-state index contributed by atoms with van der Waals surface area (Å²) in [4.78, 5) is 0. The summed E-state index contributed by atoms with van der Waals surface area (Å²) in [6.45, 7) is 3.94. The van der Waals surface area contributed by atoms with E-state index < -0.39 is 0 Å². The Labute approximate surface area is 48.5 Å². The van der Waals surface area contributed by atoms with Gasteiger partial charge in [0.2, 0.25) is 0 Å². The third-order valence-electron chi connectivity index (χ3n) is 1.72. The van der Waals surface area contributed by atoms with Crippen molar-refractivity contribution in [3.8, 4) is 0 Å². The van der Waals surface area contributed by atoms with Crippen LogP contribution in [0, 0.1) is 11.8 Å². The van der Waals surface area contributed by atoms with E-state index in [9.17, 15) is 0 Å². The molecule has 1 fully saturated rings. The number of hydrogen-bond donors (Lipinski definition) is 2. The predicted molar refractivity (Wildman–Crippen MR) is 30.3 cm³/mol. The van der Waals surface area contributed by atoms with Crippen LogP contribution < -0.4 is 0 Å². The molecule has 0 aromatic carbocycles. The summed E-state index contributed by atoms with van der Waals surface area (Å²) in [7, 11) is 0. The molecule has 0 spiro atoms. The zero-order valence-electron chi connectivity index (χ0n) is 4.67. The van der Waals surface area contributed by atoms with Crippen LogP contribution in [0.25, 0.3) is 0 Å². The lowest BCUT2D eigenvalue weighted by molar-refractivity contribution is 0.232. The van der Waals surface area contributed by atoms with Crippen LogP contribution in [-0.2, 0) is 0 Å². The van der Waals surface area contributed by atoms with Crippen molar-refractivity contribution < 1.29 is 10.2 Å². The molecule has 0 radical (unpaired) electrons. The Morgan fingerprint density at radius 3 is 1.75 bits per heavy atom. The minimum absolute atomic E-state index is 0.143. The first kappa shape index (κ1) is 5.79. The van der Waals surface area contributed by atoms with Crippen molar-refractivity contribution in [2.75, 3.05) is 13.2 Å². The Hall–Kier alpha value is -0.340. The Morgan fingerprint density at radius 2 is 1.62 bits per heavy atom. The van der Waals surface area contributed by atoms with E-state index in [-0.39, 0.29) is 25.0 Å². The largest absolute Gasteiger partial charge is 0.396 e. The van der Waals surface area contributed by atoms with Gasteiger partial charge in [0.15, 0.2) is 0 Å². The van der Waals surface area contributed by atoms with Crippen LogP contribution in [0.5, 0.6) is 0 Å². The van der Waals surface area contributed by atoms with Crippen LogP contribution in [0.4, 0.5) is 0 Å². The van der Waals surface area contributed by atoms with Gasteiger partial charge in [-0.1, -0.05) is 12.2 Å². The Balaban J connectivity index is 2.34. The highest BCUT2D eigenvalue weighted by molar-refractivity contribution is 5.25. The van der Waals surface area contributed by atoms with Gasteiger partial charge in [-0.25, -0.2) is 0 Å². The minimum Gasteiger partial charge on any atom is -0.396 e. The molecule has 0 heterocycles. The second-order valence-electron chi connectivity index (χ2n) is 2.15. The van der Waals surface area contributed by atoms with Gasteiger partial charge in [0.05, 0.1) is 13.2 Å². The molecule has 0 bridgehead atoms. The van der Waals surface area contributed by atoms with Crippen molar-refractivity contribution in [2.24, 2.45) is 11.8 Å². The van der Waals surface area contributed by atoms with Gasteiger partial charge in [-0.15, -0.1) is 0 Å². The topological polar surface area (TPSA) is 40.5 Å². The van der Waals surface area contributed by atoms with Crippen LogP contribution in [0.2, 0.25) is 0 Å². The highest BCUT2D eigenvalue weighted by Gasteiger charge is 2.40. The molecule has 1 saturated carbocycles. The van der Waals surface area contributed by atoms with Gasteiger partial charge in [-0.3, -0.25) is 0 Å². The third-order valence-corrected chi connectivity index (χ3v) is 1.72. The average molecular weight is 114 g/mol. The molecule has 0 saturated heterocycles. The molecule has 1 aliphatic carbocycles. The monoisotopic (exact) mass is 114 g/mol. The smallest absolute Gasteiger partial charge is 0.0503 e. The quantitative estimate of drug-likeness (QED) is 0.487. The fourth-order valence-corrected chi connectivity index (χ4v) is 0.934. The lowest BCUT2D eigenvalue weighted by atomic mass is 10.3. The molecule has 2 N–H and O–H groups in total. The number of rotatable bonds is 2. The Kier molecular flexibility index (Phi) is 1.36. The Morgan fingerprint density at radius 1 is 1.25 bits per heavy atom. The van der Waals surface area contributed by atoms with E-state index in [4.69, 9.17) is 10.2 Å². The van der Waals surface area contributed by atoms with E-state index in [0.717, 1.165) is 5.57 Å². The van der Waals surface area contributed by atoms with E-state index in [2.05, 4.69) is 6.58 Å². The van der Waals surface area contributed by atoms with Crippen LogP contribution in [0.15, 0.2) is 12.2 Å². The maximum absolute atomic E-state index is 8.51. The molecule has 1 aliphatic rings. The molecule has 0 unspecified atom stereocenters. The van der Waals surface area contributed by atoms with E-state index in [1.807, 2.05) is 0 Å². The summed E-state index contributed by atoms with van der Waals surface area (Å²) in [5, 5.41) is 17.0. The van der Waals surface area contributed by atoms with Crippen molar-refractivity contribution >= 4 is 0 Å². The van der Waals surface area contributed by atoms with E-state index in [0.29, 0.717) is 0 Å². The van der Waals surface area contributed by atoms with Crippen LogP contribution in [0.3, 0.4) is 0 Å². The molecular weight excluding hydrogens is 104 g/mol. The summed E-state index contributed by atoms with van der Waals surface area (Å²) >= 11 is 0. The number of aliphatic hydroxyl groups excluding tert-OH is 2. The van der Waals surface area contributed by atoms with Gasteiger partial charge in [0.1, 0.15) is 0 Å². The second kappa shape index (κ2) is 1.88. The first-order chi connectivity index (χ1) is 3.81. The maximum Gasteiger partial charge on any atom is 0.0503 e. The van der Waals surface area contributed by atoms with Gasteiger partial charge in [0.25, 0.3) is 0 Å². The summed E-state index contributed by atoms with van der Waals surface area (Å²) in [5.41, 5.74) is 0.995. The van der Waals surface area contributed by atoms with Crippen molar-refractivity contribution in [1.29, 1.82) is 0 Å². The van der Waals surface area contributed by atoms with Gasteiger partial charge >= 0.3 is 0 Å². The predicted octanol–water partition coefficient (Wildman–Crippen LogP) is -0.227. The first-order valence-corrected chi connectivity index (χ1v) is 2.71. The average Bonchev–Trinajstić information content (AvgIpc) is 2.40. The normalized spacial score (nSPS) is 35.5. The molecular formula is C6H10O2. The zero-order chi connectivity index (χ0) is 6.15. The van der Waals surface area contributed by atoms with Gasteiger partial charge in [-0.2, -0.15) is 0 Å². The minimum atomic E-state index is 0.143. The Bertz CT molecular complexity index is 97.1. The van der Waals surface area contributed by atoms with Crippen LogP contribution >= 0.6 is 0 Å². The number of aliphatic hydroxyl groups is 2. The zero-order valence-corrected chi connectivity index (χ0v) is 4.67. The highest BCUT2D eigenvalue weighted by Crippen LogP contribution is 2.42. The van der Waals surface area contributed by atoms with Gasteiger partial charge in [0, 0.05) is 11.8 Å². The molecule has 2 atom stereocenters.